The lowest BCUT2D eigenvalue weighted by molar-refractivity contribution is 0.0997. The van der Waals surface area contributed by atoms with Crippen molar-refractivity contribution in [3.8, 4) is 17.4 Å². The lowest BCUT2D eigenvalue weighted by atomic mass is 10.2. The third-order valence-electron chi connectivity index (χ3n) is 2.44. The lowest BCUT2D eigenvalue weighted by Crippen LogP contribution is -2.13. The second-order valence-corrected chi connectivity index (χ2v) is 3.86. The molecule has 0 aromatic carbocycles. The highest BCUT2D eigenvalue weighted by Crippen LogP contribution is 2.29. The van der Waals surface area contributed by atoms with Crippen molar-refractivity contribution in [3.05, 3.63) is 29.8 Å². The second-order valence-electron chi connectivity index (χ2n) is 3.86. The van der Waals surface area contributed by atoms with E-state index in [1.807, 2.05) is 0 Å². The highest BCUT2D eigenvalue weighted by Gasteiger charge is 2.14. The minimum absolute atomic E-state index is 0.103. The Labute approximate surface area is 114 Å². The molecule has 0 bridgehead atoms. The molecule has 0 aliphatic carbocycles. The molecule has 0 saturated heterocycles. The smallest absolute Gasteiger partial charge is 0.254 e. The van der Waals surface area contributed by atoms with Gasteiger partial charge >= 0.3 is 0 Å². The number of aromatic nitrogens is 3. The van der Waals surface area contributed by atoms with Crippen LogP contribution >= 0.6 is 0 Å². The molecule has 2 aromatic rings. The molecule has 104 valence electrons. The van der Waals surface area contributed by atoms with Crippen LogP contribution in [0.3, 0.4) is 0 Å². The molecule has 0 atom stereocenters. The Morgan fingerprint density at radius 3 is 2.60 bits per heavy atom. The highest BCUT2D eigenvalue weighted by molar-refractivity contribution is 5.95. The van der Waals surface area contributed by atoms with Gasteiger partial charge in [-0.3, -0.25) is 4.79 Å². The van der Waals surface area contributed by atoms with E-state index in [2.05, 4.69) is 15.0 Å². The van der Waals surface area contributed by atoms with E-state index in [1.54, 1.807) is 6.92 Å². The number of hydrogen-bond acceptors (Lipinski definition) is 7. The molecule has 20 heavy (non-hydrogen) atoms. The van der Waals surface area contributed by atoms with Crippen molar-refractivity contribution in [2.75, 3.05) is 12.8 Å². The van der Waals surface area contributed by atoms with E-state index in [0.717, 1.165) is 0 Å². The maximum Gasteiger partial charge on any atom is 0.254 e. The molecule has 2 heterocycles. The number of ether oxygens (including phenoxy) is 2. The summed E-state index contributed by atoms with van der Waals surface area (Å²) >= 11 is 0. The van der Waals surface area contributed by atoms with E-state index in [0.29, 0.717) is 5.82 Å². The van der Waals surface area contributed by atoms with Crippen molar-refractivity contribution in [1.82, 2.24) is 15.0 Å². The zero-order valence-electron chi connectivity index (χ0n) is 11.0. The van der Waals surface area contributed by atoms with Gasteiger partial charge in [0.15, 0.2) is 11.6 Å². The van der Waals surface area contributed by atoms with Crippen molar-refractivity contribution < 1.29 is 14.3 Å². The average Bonchev–Trinajstić information content (AvgIpc) is 2.41. The van der Waals surface area contributed by atoms with E-state index in [9.17, 15) is 4.79 Å². The molecule has 2 rings (SSSR count). The number of nitrogen functional groups attached to an aromatic ring is 1. The molecule has 4 N–H and O–H groups in total. The third kappa shape index (κ3) is 2.74. The van der Waals surface area contributed by atoms with E-state index in [1.165, 1.54) is 25.6 Å². The monoisotopic (exact) mass is 275 g/mol. The number of hydrogen-bond donors (Lipinski definition) is 2. The van der Waals surface area contributed by atoms with E-state index in [-0.39, 0.29) is 28.8 Å². The van der Waals surface area contributed by atoms with Gasteiger partial charge in [-0.2, -0.15) is 0 Å². The highest BCUT2D eigenvalue weighted by atomic mass is 16.5. The van der Waals surface area contributed by atoms with Crippen LogP contribution in [0.4, 0.5) is 5.82 Å². The number of amides is 1. The van der Waals surface area contributed by atoms with Gasteiger partial charge in [-0.15, -0.1) is 0 Å². The third-order valence-corrected chi connectivity index (χ3v) is 2.44. The number of anilines is 1. The van der Waals surface area contributed by atoms with E-state index >= 15 is 0 Å². The SMILES string of the molecule is COc1cc(Oc2cnc(C)nc2N)c(C(N)=O)cn1. The van der Waals surface area contributed by atoms with Gasteiger partial charge in [0.25, 0.3) is 5.91 Å². The van der Waals surface area contributed by atoms with Gasteiger partial charge in [0.2, 0.25) is 5.88 Å². The van der Waals surface area contributed by atoms with Crippen LogP contribution in [0, 0.1) is 6.92 Å². The van der Waals surface area contributed by atoms with Gasteiger partial charge in [0, 0.05) is 12.3 Å². The van der Waals surface area contributed by atoms with Gasteiger partial charge in [-0.1, -0.05) is 0 Å². The molecule has 1 amide bonds. The molecule has 2 aromatic heterocycles. The molecule has 0 spiro atoms. The zero-order chi connectivity index (χ0) is 14.7. The van der Waals surface area contributed by atoms with Crippen LogP contribution in [-0.4, -0.2) is 28.0 Å². The van der Waals surface area contributed by atoms with Crippen molar-refractivity contribution in [3.63, 3.8) is 0 Å². The first-order valence-electron chi connectivity index (χ1n) is 5.62. The number of rotatable bonds is 4. The number of methoxy groups -OCH3 is 1. The standard InChI is InChI=1S/C12H13N5O3/c1-6-15-5-9(11(13)17-6)20-8-3-10(19-2)16-4-7(8)12(14)18/h3-5H,1-2H3,(H2,14,18)(H2,13,15,17). The number of carbonyl (C=O) groups excluding carboxylic acids is 1. The van der Waals surface area contributed by atoms with Gasteiger partial charge in [-0.25, -0.2) is 15.0 Å². The molecular weight excluding hydrogens is 262 g/mol. The maximum atomic E-state index is 11.3. The average molecular weight is 275 g/mol. The summed E-state index contributed by atoms with van der Waals surface area (Å²) in [6, 6.07) is 1.43. The van der Waals surface area contributed by atoms with Gasteiger partial charge in [0.1, 0.15) is 17.1 Å². The normalized spacial score (nSPS) is 10.1. The van der Waals surface area contributed by atoms with Gasteiger partial charge < -0.3 is 20.9 Å². The number of pyridine rings is 1. The molecule has 0 unspecified atom stereocenters. The van der Waals surface area contributed by atoms with Crippen LogP contribution < -0.4 is 20.9 Å². The lowest BCUT2D eigenvalue weighted by Gasteiger charge is -2.11. The predicted molar refractivity (Wildman–Crippen MR) is 70.6 cm³/mol. The minimum Gasteiger partial charge on any atom is -0.481 e. The number of nitrogens with two attached hydrogens (primary N) is 2. The Bertz CT molecular complexity index is 660. The Kier molecular flexibility index (Phi) is 3.65. The number of aryl methyl sites for hydroxylation is 1. The van der Waals surface area contributed by atoms with Crippen LogP contribution in [0.25, 0.3) is 0 Å². The number of carbonyl (C=O) groups is 1. The summed E-state index contributed by atoms with van der Waals surface area (Å²) in [4.78, 5) is 23.2. The molecule has 0 radical (unpaired) electrons. The summed E-state index contributed by atoms with van der Waals surface area (Å²) in [7, 11) is 1.44. The van der Waals surface area contributed by atoms with Crippen molar-refractivity contribution >= 4 is 11.7 Å². The Morgan fingerprint density at radius 1 is 1.25 bits per heavy atom. The molecular formula is C12H13N5O3. The quantitative estimate of drug-likeness (QED) is 0.839. The molecule has 0 aliphatic rings. The van der Waals surface area contributed by atoms with Gasteiger partial charge in [0.05, 0.1) is 13.3 Å². The van der Waals surface area contributed by atoms with E-state index in [4.69, 9.17) is 20.9 Å². The maximum absolute atomic E-state index is 11.3. The zero-order valence-corrected chi connectivity index (χ0v) is 11.0. The summed E-state index contributed by atoms with van der Waals surface area (Å²) in [5.74, 6) is 0.647. The van der Waals surface area contributed by atoms with E-state index < -0.39 is 5.91 Å². The summed E-state index contributed by atoms with van der Waals surface area (Å²) in [6.45, 7) is 1.70. The Balaban J connectivity index is 2.43. The molecule has 0 saturated carbocycles. The first-order chi connectivity index (χ1) is 9.51. The van der Waals surface area contributed by atoms with Crippen LogP contribution in [-0.2, 0) is 0 Å². The molecule has 0 fully saturated rings. The summed E-state index contributed by atoms with van der Waals surface area (Å²) in [5.41, 5.74) is 11.1. The predicted octanol–water partition coefficient (Wildman–Crippen LogP) is 0.662. The topological polar surface area (TPSA) is 126 Å². The molecule has 0 aliphatic heterocycles. The van der Waals surface area contributed by atoms with Crippen molar-refractivity contribution in [2.24, 2.45) is 5.73 Å². The summed E-state index contributed by atoms with van der Waals surface area (Å²) in [6.07, 6.45) is 2.68. The van der Waals surface area contributed by atoms with Crippen molar-refractivity contribution in [2.45, 2.75) is 6.92 Å². The fourth-order valence-corrected chi connectivity index (χ4v) is 1.47. The summed E-state index contributed by atoms with van der Waals surface area (Å²) < 4.78 is 10.5. The minimum atomic E-state index is -0.679. The van der Waals surface area contributed by atoms with Crippen LogP contribution in [0.5, 0.6) is 17.4 Å². The Morgan fingerprint density at radius 2 is 2.00 bits per heavy atom. The first kappa shape index (κ1) is 13.5. The fourth-order valence-electron chi connectivity index (χ4n) is 1.47. The molecule has 8 nitrogen and oxygen atoms in total. The summed E-state index contributed by atoms with van der Waals surface area (Å²) in [5, 5.41) is 0. The first-order valence-corrected chi connectivity index (χ1v) is 5.62. The van der Waals surface area contributed by atoms with Crippen LogP contribution in [0.15, 0.2) is 18.5 Å². The Hall–Kier alpha value is -2.90. The van der Waals surface area contributed by atoms with Crippen LogP contribution in [0.1, 0.15) is 16.2 Å². The molecule has 8 heteroatoms. The largest absolute Gasteiger partial charge is 0.481 e. The van der Waals surface area contributed by atoms with Crippen molar-refractivity contribution in [1.29, 1.82) is 0 Å². The second kappa shape index (κ2) is 5.39. The number of primary amides is 1. The number of nitrogens with zero attached hydrogens (tertiary/aromatic N) is 3. The van der Waals surface area contributed by atoms with Crippen LogP contribution in [0.2, 0.25) is 0 Å². The van der Waals surface area contributed by atoms with Gasteiger partial charge in [-0.05, 0) is 6.92 Å². The fraction of sp³-hybridized carbons (Fsp3) is 0.167.